The summed E-state index contributed by atoms with van der Waals surface area (Å²) in [5.41, 5.74) is -0.789. The summed E-state index contributed by atoms with van der Waals surface area (Å²) in [6.45, 7) is 6.33. The summed E-state index contributed by atoms with van der Waals surface area (Å²) in [6, 6.07) is 5.83. The van der Waals surface area contributed by atoms with E-state index in [1.807, 2.05) is 14.1 Å². The van der Waals surface area contributed by atoms with Crippen LogP contribution < -0.4 is 10.1 Å². The van der Waals surface area contributed by atoms with Gasteiger partial charge in [0, 0.05) is 25.2 Å². The Hall–Kier alpha value is -3.64. The van der Waals surface area contributed by atoms with Gasteiger partial charge in [0.1, 0.15) is 16.4 Å². The number of carbonyl (C=O) groups excluding carboxylic acids is 3. The molecule has 2 aromatic carbocycles. The zero-order valence-corrected chi connectivity index (χ0v) is 25.3. The quantitative estimate of drug-likeness (QED) is 0.326. The number of likely N-dealkylation sites (N-methyl/N-ethyl adjacent to an activating group) is 1. The van der Waals surface area contributed by atoms with Crippen molar-refractivity contribution >= 4 is 39.3 Å². The molecule has 1 fully saturated rings. The van der Waals surface area contributed by atoms with Crippen molar-refractivity contribution in [2.75, 3.05) is 34.3 Å². The molecule has 1 aromatic heterocycles. The van der Waals surface area contributed by atoms with Crippen molar-refractivity contribution in [2.45, 2.75) is 51.8 Å². The van der Waals surface area contributed by atoms with E-state index in [-0.39, 0.29) is 25.3 Å². The normalized spacial score (nSPS) is 16.4. The van der Waals surface area contributed by atoms with Crippen molar-refractivity contribution in [1.82, 2.24) is 20.1 Å². The highest BCUT2D eigenvalue weighted by atomic mass is 32.1. The topological polar surface area (TPSA) is 101 Å². The maximum atomic E-state index is 14.0. The van der Waals surface area contributed by atoms with E-state index in [1.54, 1.807) is 37.8 Å². The molecule has 2 heterocycles. The Morgan fingerprint density at radius 3 is 2.26 bits per heavy atom. The van der Waals surface area contributed by atoms with Crippen LogP contribution >= 0.6 is 11.3 Å². The number of fused-ring (bicyclic) bond motifs is 2. The van der Waals surface area contributed by atoms with Crippen LogP contribution in [0.5, 0.6) is 5.75 Å². The fourth-order valence-corrected chi connectivity index (χ4v) is 6.22. The molecule has 1 aliphatic carbocycles. The average molecular weight is 601 g/mol. The van der Waals surface area contributed by atoms with Gasteiger partial charge < -0.3 is 24.6 Å². The van der Waals surface area contributed by atoms with Crippen molar-refractivity contribution in [1.29, 1.82) is 0 Å². The monoisotopic (exact) mass is 600 g/mol. The largest absolute Gasteiger partial charge is 0.496 e. The number of hydrogen-bond acceptors (Lipinski definition) is 8. The van der Waals surface area contributed by atoms with Gasteiger partial charge in [0.2, 0.25) is 5.91 Å². The first kappa shape index (κ1) is 29.8. The Bertz CT molecular complexity index is 1540. The molecule has 0 spiro atoms. The molecule has 3 aromatic rings. The molecule has 5 rings (SSSR count). The Labute approximate surface area is 246 Å². The van der Waals surface area contributed by atoms with Crippen molar-refractivity contribution in [2.24, 2.45) is 5.41 Å². The van der Waals surface area contributed by atoms with E-state index in [1.165, 1.54) is 18.4 Å². The van der Waals surface area contributed by atoms with Crippen LogP contribution in [0.2, 0.25) is 0 Å². The predicted molar refractivity (Wildman–Crippen MR) is 153 cm³/mol. The van der Waals surface area contributed by atoms with E-state index in [9.17, 15) is 23.2 Å². The van der Waals surface area contributed by atoms with Crippen molar-refractivity contribution < 1.29 is 32.6 Å². The first-order valence-corrected chi connectivity index (χ1v) is 14.4. The maximum absolute atomic E-state index is 14.0. The van der Waals surface area contributed by atoms with Crippen LogP contribution in [0.3, 0.4) is 0 Å². The highest BCUT2D eigenvalue weighted by Crippen LogP contribution is 2.41. The van der Waals surface area contributed by atoms with Crippen molar-refractivity contribution in [3.8, 4) is 5.75 Å². The van der Waals surface area contributed by atoms with Gasteiger partial charge in [0.25, 0.3) is 5.91 Å². The zero-order valence-electron chi connectivity index (χ0n) is 24.5. The molecule has 224 valence electrons. The van der Waals surface area contributed by atoms with E-state index in [2.05, 4.69) is 15.2 Å². The highest BCUT2D eigenvalue weighted by Gasteiger charge is 2.52. The lowest BCUT2D eigenvalue weighted by molar-refractivity contribution is -0.170. The van der Waals surface area contributed by atoms with Crippen molar-refractivity contribution in [3.05, 3.63) is 57.6 Å². The highest BCUT2D eigenvalue weighted by molar-refractivity contribution is 7.18. The minimum atomic E-state index is -1.68. The Balaban J connectivity index is 1.36. The number of nitrogens with zero attached hydrogens (tertiary/aromatic N) is 3. The second-order valence-electron chi connectivity index (χ2n) is 12.1. The summed E-state index contributed by atoms with van der Waals surface area (Å²) in [7, 11) is 5.47. The van der Waals surface area contributed by atoms with Crippen LogP contribution in [0.4, 0.5) is 8.78 Å². The lowest BCUT2D eigenvalue weighted by Gasteiger charge is -2.42. The van der Waals surface area contributed by atoms with Crippen LogP contribution in [0.25, 0.3) is 10.2 Å². The summed E-state index contributed by atoms with van der Waals surface area (Å²) < 4.78 is 39.9. The molecule has 0 radical (unpaired) electrons. The van der Waals surface area contributed by atoms with Gasteiger partial charge in [-0.25, -0.2) is 13.8 Å². The Morgan fingerprint density at radius 1 is 1.10 bits per heavy atom. The molecule has 1 N–H and O–H groups in total. The third-order valence-corrected chi connectivity index (χ3v) is 8.73. The number of methoxy groups -OCH3 is 1. The number of nitrogens with one attached hydrogen (secondary N) is 1. The number of halogens is 2. The Kier molecular flexibility index (Phi) is 7.73. The molecule has 2 aliphatic rings. The summed E-state index contributed by atoms with van der Waals surface area (Å²) in [5.74, 6) is -3.15. The second kappa shape index (κ2) is 10.9. The SMILES string of the molecule is COc1cc2sc(CNC(=O)C3(C(=O)OC(C)(C)C)Cc4cc(F)c(F)cc4C3)nc2cc1C(=O)N1CC(N(C)C)C1. The smallest absolute Gasteiger partial charge is 0.322 e. The lowest BCUT2D eigenvalue weighted by atomic mass is 9.83. The molecule has 0 atom stereocenters. The third kappa shape index (κ3) is 5.57. The molecule has 2 amide bonds. The van der Waals surface area contributed by atoms with Gasteiger partial charge in [-0.15, -0.1) is 11.3 Å². The van der Waals surface area contributed by atoms with E-state index >= 15 is 0 Å². The third-order valence-electron chi connectivity index (χ3n) is 7.72. The van der Waals surface area contributed by atoms with E-state index in [0.29, 0.717) is 52.1 Å². The fourth-order valence-electron chi connectivity index (χ4n) is 5.30. The molecule has 9 nitrogen and oxygen atoms in total. The molecular formula is C30H34F2N4O5S. The number of likely N-dealkylation sites (tertiary alicyclic amines) is 1. The Morgan fingerprint density at radius 2 is 1.71 bits per heavy atom. The van der Waals surface area contributed by atoms with Crippen LogP contribution in [0.1, 0.15) is 47.3 Å². The summed E-state index contributed by atoms with van der Waals surface area (Å²) in [5, 5.41) is 3.35. The number of carbonyl (C=O) groups is 3. The van der Waals surface area contributed by atoms with Crippen LogP contribution in [-0.2, 0) is 33.7 Å². The molecule has 0 saturated carbocycles. The minimum absolute atomic E-state index is 0.00400. The number of hydrogen-bond donors (Lipinski definition) is 1. The van der Waals surface area contributed by atoms with E-state index in [0.717, 1.165) is 16.8 Å². The van der Waals surface area contributed by atoms with Gasteiger partial charge >= 0.3 is 5.97 Å². The lowest BCUT2D eigenvalue weighted by Crippen LogP contribution is -2.59. The molecular weight excluding hydrogens is 566 g/mol. The second-order valence-corrected chi connectivity index (χ2v) is 13.2. The summed E-state index contributed by atoms with van der Waals surface area (Å²) in [4.78, 5) is 48.7. The first-order valence-electron chi connectivity index (χ1n) is 13.6. The number of rotatable bonds is 7. The van der Waals surface area contributed by atoms with Crippen LogP contribution in [0.15, 0.2) is 24.3 Å². The fraction of sp³-hybridized carbons (Fsp3) is 0.467. The molecule has 1 aliphatic heterocycles. The molecule has 0 unspecified atom stereocenters. The van der Waals surface area contributed by atoms with E-state index in [4.69, 9.17) is 9.47 Å². The molecule has 42 heavy (non-hydrogen) atoms. The van der Waals surface area contributed by atoms with Gasteiger partial charge in [-0.1, -0.05) is 0 Å². The van der Waals surface area contributed by atoms with Crippen LogP contribution in [0, 0.1) is 17.0 Å². The van der Waals surface area contributed by atoms with Crippen LogP contribution in [-0.4, -0.2) is 78.5 Å². The molecule has 12 heteroatoms. The van der Waals surface area contributed by atoms with E-state index < -0.39 is 34.5 Å². The number of amides is 2. The van der Waals surface area contributed by atoms with Gasteiger partial charge in [0.15, 0.2) is 17.0 Å². The van der Waals surface area contributed by atoms with Crippen molar-refractivity contribution in [3.63, 3.8) is 0 Å². The number of esters is 1. The molecule has 0 bridgehead atoms. The number of ether oxygens (including phenoxy) is 2. The average Bonchev–Trinajstić information content (AvgIpc) is 3.45. The van der Waals surface area contributed by atoms with Gasteiger partial charge in [0.05, 0.1) is 29.4 Å². The predicted octanol–water partition coefficient (Wildman–Crippen LogP) is 3.71. The van der Waals surface area contributed by atoms with Gasteiger partial charge in [-0.2, -0.15) is 0 Å². The van der Waals surface area contributed by atoms with Gasteiger partial charge in [-0.3, -0.25) is 14.4 Å². The van der Waals surface area contributed by atoms with Gasteiger partial charge in [-0.05, 0) is 77.0 Å². The minimum Gasteiger partial charge on any atom is -0.496 e. The number of aromatic nitrogens is 1. The zero-order chi connectivity index (χ0) is 30.6. The number of thiazole rings is 1. The summed E-state index contributed by atoms with van der Waals surface area (Å²) in [6.07, 6.45) is -0.234. The number of benzene rings is 2. The first-order chi connectivity index (χ1) is 19.7. The standard InChI is InChI=1S/C30H34F2N4O5S/c1-29(2,3)41-28(39)30(11-16-7-20(31)21(32)8-17(16)12-30)27(38)33-13-25-34-22-9-19(23(40-6)10-24(22)42-25)26(37)36-14-18(15-36)35(4)5/h7-10,18H,11-15H2,1-6H3,(H,33,38). The maximum Gasteiger partial charge on any atom is 0.322 e. The molecule has 1 saturated heterocycles. The summed E-state index contributed by atoms with van der Waals surface area (Å²) >= 11 is 1.32.